The molecule has 1 aliphatic rings. The van der Waals surface area contributed by atoms with Crippen molar-refractivity contribution in [2.75, 3.05) is 6.54 Å². The molecule has 0 radical (unpaired) electrons. The third-order valence-electron chi connectivity index (χ3n) is 2.94. The number of nitrogens with one attached hydrogen (secondary N) is 1. The van der Waals surface area contributed by atoms with E-state index in [1.807, 2.05) is 18.2 Å². The molecule has 0 bridgehead atoms. The molecule has 1 heterocycles. The molecule has 19 heavy (non-hydrogen) atoms. The molecule has 100 valence electrons. The van der Waals surface area contributed by atoms with Gasteiger partial charge in [-0.3, -0.25) is 14.9 Å². The van der Waals surface area contributed by atoms with Crippen LogP contribution in [0.15, 0.2) is 40.8 Å². The molecular weight excluding hydrogens is 260 g/mol. The van der Waals surface area contributed by atoms with E-state index in [1.165, 1.54) is 5.56 Å². The molecule has 4 nitrogen and oxygen atoms in total. The van der Waals surface area contributed by atoms with Gasteiger partial charge in [0.25, 0.3) is 11.1 Å². The minimum Gasteiger partial charge on any atom is -0.330 e. The maximum atomic E-state index is 11.7. The summed E-state index contributed by atoms with van der Waals surface area (Å²) in [6.45, 7) is 0.482. The topological polar surface area (TPSA) is 72.2 Å². The number of carbonyl (C=O) groups excluding carboxylic acids is 2. The monoisotopic (exact) mass is 276 g/mol. The number of hydrogen-bond acceptors (Lipinski definition) is 4. The van der Waals surface area contributed by atoms with Crippen LogP contribution in [-0.2, 0) is 11.2 Å². The minimum atomic E-state index is -0.297. The van der Waals surface area contributed by atoms with Crippen molar-refractivity contribution < 1.29 is 9.59 Å². The molecule has 1 aromatic carbocycles. The Balaban J connectivity index is 2.10. The van der Waals surface area contributed by atoms with Gasteiger partial charge in [-0.05, 0) is 48.7 Å². The average molecular weight is 276 g/mol. The molecule has 2 rings (SSSR count). The second kappa shape index (κ2) is 6.54. The third-order valence-corrected chi connectivity index (χ3v) is 3.91. The first-order chi connectivity index (χ1) is 9.20. The van der Waals surface area contributed by atoms with E-state index in [4.69, 9.17) is 5.73 Å². The van der Waals surface area contributed by atoms with Gasteiger partial charge >= 0.3 is 0 Å². The number of imide groups is 1. The lowest BCUT2D eigenvalue weighted by Gasteiger charge is -2.08. The maximum Gasteiger partial charge on any atom is 0.290 e. The molecule has 1 fully saturated rings. The molecule has 5 heteroatoms. The fourth-order valence-corrected chi connectivity index (χ4v) is 2.83. The fourth-order valence-electron chi connectivity index (χ4n) is 2.01. The van der Waals surface area contributed by atoms with Gasteiger partial charge in [-0.1, -0.05) is 30.3 Å². The lowest BCUT2D eigenvalue weighted by atomic mass is 10.0. The Kier molecular flexibility index (Phi) is 4.76. The Morgan fingerprint density at radius 3 is 2.47 bits per heavy atom. The summed E-state index contributed by atoms with van der Waals surface area (Å²) in [4.78, 5) is 23.4. The highest BCUT2D eigenvalue weighted by Crippen LogP contribution is 2.30. The Morgan fingerprint density at radius 2 is 1.89 bits per heavy atom. The van der Waals surface area contributed by atoms with E-state index in [0.29, 0.717) is 17.9 Å². The molecule has 0 aliphatic carbocycles. The molecule has 3 N–H and O–H groups in total. The van der Waals surface area contributed by atoms with E-state index < -0.39 is 0 Å². The van der Waals surface area contributed by atoms with Crippen LogP contribution >= 0.6 is 11.8 Å². The van der Waals surface area contributed by atoms with Gasteiger partial charge in [0, 0.05) is 0 Å². The zero-order chi connectivity index (χ0) is 13.7. The molecule has 1 aliphatic heterocycles. The highest BCUT2D eigenvalue weighted by molar-refractivity contribution is 8.18. The van der Waals surface area contributed by atoms with Crippen LogP contribution in [0, 0.1) is 0 Å². The molecule has 0 atom stereocenters. The van der Waals surface area contributed by atoms with Crippen molar-refractivity contribution in [1.29, 1.82) is 0 Å². The van der Waals surface area contributed by atoms with Crippen LogP contribution in [0.5, 0.6) is 0 Å². The normalized spacial score (nSPS) is 17.5. The van der Waals surface area contributed by atoms with Crippen LogP contribution in [-0.4, -0.2) is 17.7 Å². The summed E-state index contributed by atoms with van der Waals surface area (Å²) in [6.07, 6.45) is 2.25. The van der Waals surface area contributed by atoms with E-state index >= 15 is 0 Å². The molecule has 2 amide bonds. The number of benzene rings is 1. The molecule has 0 spiro atoms. The predicted octanol–water partition coefficient (Wildman–Crippen LogP) is 2.21. The van der Waals surface area contributed by atoms with Crippen LogP contribution in [0.25, 0.3) is 0 Å². The van der Waals surface area contributed by atoms with Crippen LogP contribution in [0.4, 0.5) is 4.79 Å². The summed E-state index contributed by atoms with van der Waals surface area (Å²) in [7, 11) is 0. The number of thioether (sulfide) groups is 1. The summed E-state index contributed by atoms with van der Waals surface area (Å²) in [5.41, 5.74) is 7.77. The number of aryl methyl sites for hydroxylation is 1. The van der Waals surface area contributed by atoms with Gasteiger partial charge in [-0.2, -0.15) is 0 Å². The molecule has 1 aromatic rings. The van der Waals surface area contributed by atoms with Crippen molar-refractivity contribution in [3.8, 4) is 0 Å². The standard InChI is InChI=1S/C14H16N2O2S/c15-9-8-11(12-13(17)16-14(18)19-12)7-6-10-4-2-1-3-5-10/h1-5H,6-9,15H2,(H,16,17,18)/b12-11-. The number of rotatable bonds is 5. The number of hydrogen-bond donors (Lipinski definition) is 2. The van der Waals surface area contributed by atoms with Gasteiger partial charge in [0.15, 0.2) is 0 Å². The SMILES string of the molecule is NCC/C(CCc1ccccc1)=C1\SC(=O)NC1=O. The van der Waals surface area contributed by atoms with Crippen molar-refractivity contribution in [3.05, 3.63) is 46.4 Å². The van der Waals surface area contributed by atoms with Crippen LogP contribution < -0.4 is 11.1 Å². The summed E-state index contributed by atoms with van der Waals surface area (Å²) < 4.78 is 0. The average Bonchev–Trinajstić information content (AvgIpc) is 2.75. The zero-order valence-electron chi connectivity index (χ0n) is 10.5. The molecule has 1 saturated heterocycles. The Bertz CT molecular complexity index is 511. The van der Waals surface area contributed by atoms with Gasteiger partial charge in [0.2, 0.25) is 0 Å². The van der Waals surface area contributed by atoms with Gasteiger partial charge in [-0.15, -0.1) is 0 Å². The van der Waals surface area contributed by atoms with E-state index in [2.05, 4.69) is 17.4 Å². The van der Waals surface area contributed by atoms with Gasteiger partial charge in [0.1, 0.15) is 0 Å². The Morgan fingerprint density at radius 1 is 1.16 bits per heavy atom. The molecule has 0 unspecified atom stereocenters. The minimum absolute atomic E-state index is 0.286. The lowest BCUT2D eigenvalue weighted by Crippen LogP contribution is -2.19. The van der Waals surface area contributed by atoms with E-state index in [1.54, 1.807) is 0 Å². The van der Waals surface area contributed by atoms with Crippen molar-refractivity contribution in [3.63, 3.8) is 0 Å². The number of nitrogens with two attached hydrogens (primary N) is 1. The second-order valence-electron chi connectivity index (χ2n) is 4.30. The van der Waals surface area contributed by atoms with Crippen LogP contribution in [0.2, 0.25) is 0 Å². The highest BCUT2D eigenvalue weighted by atomic mass is 32.2. The van der Waals surface area contributed by atoms with E-state index in [-0.39, 0.29) is 11.1 Å². The first-order valence-corrected chi connectivity index (χ1v) is 7.01. The second-order valence-corrected chi connectivity index (χ2v) is 5.28. The summed E-state index contributed by atoms with van der Waals surface area (Å²) >= 11 is 0.981. The molecule has 0 aromatic heterocycles. The maximum absolute atomic E-state index is 11.7. The van der Waals surface area contributed by atoms with Crippen molar-refractivity contribution >= 4 is 22.9 Å². The Labute approximate surface area is 116 Å². The summed E-state index contributed by atoms with van der Waals surface area (Å²) in [5, 5.41) is 1.99. The smallest absolute Gasteiger partial charge is 0.290 e. The molecular formula is C14H16N2O2S. The number of carbonyl (C=O) groups is 2. The van der Waals surface area contributed by atoms with Crippen LogP contribution in [0.1, 0.15) is 18.4 Å². The predicted molar refractivity (Wildman–Crippen MR) is 76.6 cm³/mol. The van der Waals surface area contributed by atoms with E-state index in [9.17, 15) is 9.59 Å². The highest BCUT2D eigenvalue weighted by Gasteiger charge is 2.27. The first-order valence-electron chi connectivity index (χ1n) is 6.20. The Hall–Kier alpha value is -1.59. The van der Waals surface area contributed by atoms with E-state index in [0.717, 1.165) is 30.2 Å². The van der Waals surface area contributed by atoms with Crippen molar-refractivity contribution in [2.45, 2.75) is 19.3 Å². The van der Waals surface area contributed by atoms with Crippen LogP contribution in [0.3, 0.4) is 0 Å². The fraction of sp³-hybridized carbons (Fsp3) is 0.286. The quantitative estimate of drug-likeness (QED) is 0.809. The van der Waals surface area contributed by atoms with Crippen molar-refractivity contribution in [1.82, 2.24) is 5.32 Å². The van der Waals surface area contributed by atoms with Gasteiger partial charge in [0.05, 0.1) is 4.91 Å². The van der Waals surface area contributed by atoms with Crippen molar-refractivity contribution in [2.24, 2.45) is 5.73 Å². The number of amides is 2. The first kappa shape index (κ1) is 13.8. The zero-order valence-corrected chi connectivity index (χ0v) is 11.3. The largest absolute Gasteiger partial charge is 0.330 e. The third kappa shape index (κ3) is 3.68. The molecule has 0 saturated carbocycles. The lowest BCUT2D eigenvalue weighted by molar-refractivity contribution is -0.115. The van der Waals surface area contributed by atoms with Gasteiger partial charge in [-0.25, -0.2) is 0 Å². The summed E-state index contributed by atoms with van der Waals surface area (Å²) in [6, 6.07) is 10.1. The summed E-state index contributed by atoms with van der Waals surface area (Å²) in [5.74, 6) is -0.286. The van der Waals surface area contributed by atoms with Gasteiger partial charge < -0.3 is 5.73 Å².